The summed E-state index contributed by atoms with van der Waals surface area (Å²) in [6.07, 6.45) is 4.38. The molecule has 0 unspecified atom stereocenters. The van der Waals surface area contributed by atoms with Gasteiger partial charge in [0.2, 0.25) is 0 Å². The molecule has 24 heavy (non-hydrogen) atoms. The minimum atomic E-state index is -0.721. The Labute approximate surface area is 143 Å². The molecule has 0 spiro atoms. The van der Waals surface area contributed by atoms with Gasteiger partial charge in [-0.25, -0.2) is 0 Å². The van der Waals surface area contributed by atoms with Crippen LogP contribution in [0.2, 0.25) is 0 Å². The van der Waals surface area contributed by atoms with Crippen LogP contribution in [-0.2, 0) is 0 Å². The number of hydrogen-bond acceptors (Lipinski definition) is 1. The molecule has 0 radical (unpaired) electrons. The molecule has 0 saturated heterocycles. The van der Waals surface area contributed by atoms with Crippen molar-refractivity contribution >= 4 is 0 Å². The third kappa shape index (κ3) is 5.85. The Kier molecular flexibility index (Phi) is 6.91. The summed E-state index contributed by atoms with van der Waals surface area (Å²) in [5.74, 6) is 8.29. The SMILES string of the molecule is C#Cc1ccccc1.O[C@H](C#Cc1ccccc1)c1ccccc1. The molecule has 1 N–H and O–H groups in total. The highest BCUT2D eigenvalue weighted by Crippen LogP contribution is 2.10. The lowest BCUT2D eigenvalue weighted by Crippen LogP contribution is -1.92. The fourth-order valence-corrected chi connectivity index (χ4v) is 1.93. The second-order valence-corrected chi connectivity index (χ2v) is 4.96. The van der Waals surface area contributed by atoms with Crippen molar-refractivity contribution in [2.45, 2.75) is 6.10 Å². The second kappa shape index (κ2) is 9.70. The van der Waals surface area contributed by atoms with Crippen molar-refractivity contribution in [2.75, 3.05) is 0 Å². The molecule has 0 aromatic heterocycles. The van der Waals surface area contributed by atoms with Crippen LogP contribution in [0.15, 0.2) is 91.0 Å². The minimum absolute atomic E-state index is 0.721. The van der Waals surface area contributed by atoms with Crippen molar-refractivity contribution in [2.24, 2.45) is 0 Å². The first-order valence-electron chi connectivity index (χ1n) is 7.61. The fourth-order valence-electron chi connectivity index (χ4n) is 1.93. The number of hydrogen-bond donors (Lipinski definition) is 1. The zero-order valence-electron chi connectivity index (χ0n) is 13.3. The quantitative estimate of drug-likeness (QED) is 0.659. The van der Waals surface area contributed by atoms with Crippen molar-refractivity contribution in [1.82, 2.24) is 0 Å². The Morgan fingerprint density at radius 3 is 1.58 bits per heavy atom. The van der Waals surface area contributed by atoms with Crippen LogP contribution < -0.4 is 0 Å². The lowest BCUT2D eigenvalue weighted by Gasteiger charge is -2.01. The third-order valence-corrected chi connectivity index (χ3v) is 3.18. The molecule has 1 heteroatoms. The first kappa shape index (κ1) is 17.1. The molecule has 0 amide bonds. The molecule has 0 aliphatic heterocycles. The van der Waals surface area contributed by atoms with Gasteiger partial charge in [0.25, 0.3) is 0 Å². The van der Waals surface area contributed by atoms with E-state index in [4.69, 9.17) is 6.42 Å². The van der Waals surface area contributed by atoms with Crippen molar-refractivity contribution in [3.63, 3.8) is 0 Å². The highest BCUT2D eigenvalue weighted by Gasteiger charge is 2.00. The zero-order chi connectivity index (χ0) is 17.0. The summed E-state index contributed by atoms with van der Waals surface area (Å²) in [5.41, 5.74) is 2.68. The van der Waals surface area contributed by atoms with Gasteiger partial charge >= 0.3 is 0 Å². The molecule has 0 aliphatic carbocycles. The Morgan fingerprint density at radius 2 is 1.12 bits per heavy atom. The van der Waals surface area contributed by atoms with Gasteiger partial charge in [0, 0.05) is 11.1 Å². The fraction of sp³-hybridized carbons (Fsp3) is 0.0435. The van der Waals surface area contributed by atoms with E-state index >= 15 is 0 Å². The predicted octanol–water partition coefficient (Wildman–Crippen LogP) is 4.44. The van der Waals surface area contributed by atoms with Crippen LogP contribution in [0, 0.1) is 24.2 Å². The molecular formula is C23H18O. The molecule has 0 saturated carbocycles. The van der Waals surface area contributed by atoms with Crippen LogP contribution in [0.1, 0.15) is 22.8 Å². The number of rotatable bonds is 1. The summed E-state index contributed by atoms with van der Waals surface area (Å²) < 4.78 is 0. The molecular weight excluding hydrogens is 292 g/mol. The minimum Gasteiger partial charge on any atom is -0.376 e. The number of aliphatic hydroxyl groups is 1. The van der Waals surface area contributed by atoms with Gasteiger partial charge in [-0.3, -0.25) is 0 Å². The van der Waals surface area contributed by atoms with Crippen LogP contribution in [0.5, 0.6) is 0 Å². The molecule has 0 heterocycles. The molecule has 3 aromatic rings. The summed E-state index contributed by atoms with van der Waals surface area (Å²) in [6, 6.07) is 28.7. The molecule has 0 aliphatic rings. The highest BCUT2D eigenvalue weighted by molar-refractivity contribution is 5.36. The zero-order valence-corrected chi connectivity index (χ0v) is 13.3. The van der Waals surface area contributed by atoms with E-state index in [0.717, 1.165) is 16.7 Å². The van der Waals surface area contributed by atoms with Gasteiger partial charge in [-0.2, -0.15) is 0 Å². The van der Waals surface area contributed by atoms with E-state index in [1.54, 1.807) is 0 Å². The largest absolute Gasteiger partial charge is 0.376 e. The Bertz CT molecular complexity index is 819. The molecule has 1 nitrogen and oxygen atoms in total. The van der Waals surface area contributed by atoms with E-state index in [9.17, 15) is 5.11 Å². The average molecular weight is 310 g/mol. The average Bonchev–Trinajstić information content (AvgIpc) is 2.69. The standard InChI is InChI=1S/C15H12O.C8H6/c16-15(14-9-5-2-6-10-14)12-11-13-7-3-1-4-8-13;1-2-8-6-4-3-5-7-8/h1-10,15-16H;1,3-7H/t15-;/m1./s1. The maximum atomic E-state index is 9.81. The predicted molar refractivity (Wildman–Crippen MR) is 99.1 cm³/mol. The topological polar surface area (TPSA) is 20.2 Å². The Balaban J connectivity index is 0.000000219. The van der Waals surface area contributed by atoms with Crippen molar-refractivity contribution in [3.05, 3.63) is 108 Å². The van der Waals surface area contributed by atoms with Crippen LogP contribution >= 0.6 is 0 Å². The van der Waals surface area contributed by atoms with E-state index in [-0.39, 0.29) is 0 Å². The number of benzene rings is 3. The Hall–Kier alpha value is -3.26. The van der Waals surface area contributed by atoms with Crippen LogP contribution in [-0.4, -0.2) is 5.11 Å². The van der Waals surface area contributed by atoms with Gasteiger partial charge in [-0.05, 0) is 29.8 Å². The van der Waals surface area contributed by atoms with E-state index < -0.39 is 6.10 Å². The smallest absolute Gasteiger partial charge is 0.140 e. The van der Waals surface area contributed by atoms with Gasteiger partial charge in [0.15, 0.2) is 0 Å². The maximum absolute atomic E-state index is 9.81. The summed E-state index contributed by atoms with van der Waals surface area (Å²) >= 11 is 0. The Morgan fingerprint density at radius 1 is 0.667 bits per heavy atom. The van der Waals surface area contributed by atoms with Crippen molar-refractivity contribution in [1.29, 1.82) is 0 Å². The third-order valence-electron chi connectivity index (χ3n) is 3.18. The summed E-state index contributed by atoms with van der Waals surface area (Å²) in [7, 11) is 0. The second-order valence-electron chi connectivity index (χ2n) is 4.96. The first-order chi connectivity index (χ1) is 11.8. The molecule has 0 bridgehead atoms. The summed E-state index contributed by atoms with van der Waals surface area (Å²) in [5, 5.41) is 9.81. The summed E-state index contributed by atoms with van der Waals surface area (Å²) in [6.45, 7) is 0. The van der Waals surface area contributed by atoms with Crippen LogP contribution in [0.25, 0.3) is 0 Å². The molecule has 1 atom stereocenters. The van der Waals surface area contributed by atoms with E-state index in [2.05, 4.69) is 17.8 Å². The molecule has 3 rings (SSSR count). The van der Waals surface area contributed by atoms with Crippen LogP contribution in [0.4, 0.5) is 0 Å². The maximum Gasteiger partial charge on any atom is 0.140 e. The van der Waals surface area contributed by atoms with Gasteiger partial charge in [0.1, 0.15) is 6.10 Å². The molecule has 116 valence electrons. The van der Waals surface area contributed by atoms with Crippen molar-refractivity contribution < 1.29 is 5.11 Å². The van der Waals surface area contributed by atoms with Crippen LogP contribution in [0.3, 0.4) is 0 Å². The van der Waals surface area contributed by atoms with E-state index in [1.807, 2.05) is 91.0 Å². The van der Waals surface area contributed by atoms with E-state index in [0.29, 0.717) is 0 Å². The molecule has 0 fully saturated rings. The number of terminal acetylenes is 1. The van der Waals surface area contributed by atoms with E-state index in [1.165, 1.54) is 0 Å². The first-order valence-corrected chi connectivity index (χ1v) is 7.61. The number of aliphatic hydroxyl groups excluding tert-OH is 1. The van der Waals surface area contributed by atoms with Crippen molar-refractivity contribution in [3.8, 4) is 24.2 Å². The lowest BCUT2D eigenvalue weighted by molar-refractivity contribution is 0.238. The van der Waals surface area contributed by atoms with Gasteiger partial charge in [-0.1, -0.05) is 84.5 Å². The summed E-state index contributed by atoms with van der Waals surface area (Å²) in [4.78, 5) is 0. The molecule has 3 aromatic carbocycles. The lowest BCUT2D eigenvalue weighted by atomic mass is 10.1. The normalized spacial score (nSPS) is 10.2. The van der Waals surface area contributed by atoms with Gasteiger partial charge in [0.05, 0.1) is 0 Å². The monoisotopic (exact) mass is 310 g/mol. The van der Waals surface area contributed by atoms with Gasteiger partial charge in [-0.15, -0.1) is 6.42 Å². The van der Waals surface area contributed by atoms with Gasteiger partial charge < -0.3 is 5.11 Å². The highest BCUT2D eigenvalue weighted by atomic mass is 16.3.